The molecule has 1 unspecified atom stereocenters. The lowest BCUT2D eigenvalue weighted by atomic mass is 10.1. The lowest BCUT2D eigenvalue weighted by Gasteiger charge is -2.31. The van der Waals surface area contributed by atoms with Crippen molar-refractivity contribution in [1.82, 2.24) is 10.2 Å². The molecule has 1 atom stereocenters. The van der Waals surface area contributed by atoms with Crippen LogP contribution in [0, 0.1) is 0 Å². The van der Waals surface area contributed by atoms with Gasteiger partial charge in [0.2, 0.25) is 5.91 Å². The standard InChI is InChI=1S/C22H26BrClN2O3/c1-15(21(28)25-22(2,3)4)26(13-16-8-6-5-7-9-16)20(27)14-29-19-11-10-17(23)12-18(19)24/h5-12,15H,13-14H2,1-4H3,(H,25,28). The smallest absolute Gasteiger partial charge is 0.261 e. The van der Waals surface area contributed by atoms with Gasteiger partial charge in [-0.05, 0) is 51.5 Å². The van der Waals surface area contributed by atoms with Crippen molar-refractivity contribution in [2.24, 2.45) is 0 Å². The molecule has 1 N–H and O–H groups in total. The molecule has 5 nitrogen and oxygen atoms in total. The summed E-state index contributed by atoms with van der Waals surface area (Å²) in [6.45, 7) is 7.50. The van der Waals surface area contributed by atoms with Crippen LogP contribution < -0.4 is 10.1 Å². The number of hydrogen-bond acceptors (Lipinski definition) is 3. The lowest BCUT2D eigenvalue weighted by molar-refractivity contribution is -0.142. The molecule has 2 aromatic rings. The maximum absolute atomic E-state index is 13.0. The fourth-order valence-electron chi connectivity index (χ4n) is 2.65. The summed E-state index contributed by atoms with van der Waals surface area (Å²) in [6.07, 6.45) is 0. The minimum atomic E-state index is -0.661. The first-order valence-electron chi connectivity index (χ1n) is 9.30. The zero-order chi connectivity index (χ0) is 21.6. The molecule has 29 heavy (non-hydrogen) atoms. The van der Waals surface area contributed by atoms with Gasteiger partial charge < -0.3 is 15.0 Å². The van der Waals surface area contributed by atoms with Gasteiger partial charge >= 0.3 is 0 Å². The molecule has 7 heteroatoms. The second kappa shape index (κ2) is 10.1. The normalized spacial score (nSPS) is 12.2. The first kappa shape index (κ1) is 23.2. The third-order valence-electron chi connectivity index (χ3n) is 4.11. The molecule has 0 spiro atoms. The fraction of sp³-hybridized carbons (Fsp3) is 0.364. The number of benzene rings is 2. The Morgan fingerprint density at radius 2 is 1.83 bits per heavy atom. The van der Waals surface area contributed by atoms with Crippen LogP contribution in [-0.4, -0.2) is 34.9 Å². The molecule has 0 aliphatic carbocycles. The van der Waals surface area contributed by atoms with Gasteiger partial charge in [0, 0.05) is 16.6 Å². The molecule has 0 aliphatic rings. The Morgan fingerprint density at radius 3 is 2.41 bits per heavy atom. The number of nitrogens with zero attached hydrogens (tertiary/aromatic N) is 1. The number of carbonyl (C=O) groups excluding carboxylic acids is 2. The Labute approximate surface area is 185 Å². The van der Waals surface area contributed by atoms with Gasteiger partial charge in [0.15, 0.2) is 6.61 Å². The van der Waals surface area contributed by atoms with Crippen LogP contribution in [0.25, 0.3) is 0 Å². The van der Waals surface area contributed by atoms with Crippen molar-refractivity contribution in [1.29, 1.82) is 0 Å². The van der Waals surface area contributed by atoms with E-state index in [-0.39, 0.29) is 18.4 Å². The van der Waals surface area contributed by atoms with Crippen molar-refractivity contribution >= 4 is 39.3 Å². The van der Waals surface area contributed by atoms with Crippen molar-refractivity contribution < 1.29 is 14.3 Å². The van der Waals surface area contributed by atoms with Gasteiger partial charge in [-0.25, -0.2) is 0 Å². The summed E-state index contributed by atoms with van der Waals surface area (Å²) >= 11 is 9.50. The summed E-state index contributed by atoms with van der Waals surface area (Å²) in [4.78, 5) is 27.2. The molecular formula is C22H26BrClN2O3. The average Bonchev–Trinajstić information content (AvgIpc) is 2.64. The SMILES string of the molecule is CC(C(=O)NC(C)(C)C)N(Cc1ccccc1)C(=O)COc1ccc(Br)cc1Cl. The van der Waals surface area contributed by atoms with E-state index in [2.05, 4.69) is 21.2 Å². The molecule has 156 valence electrons. The molecule has 0 heterocycles. The number of nitrogens with one attached hydrogen (secondary N) is 1. The highest BCUT2D eigenvalue weighted by Crippen LogP contribution is 2.27. The Bertz CT molecular complexity index is 853. The molecule has 0 fully saturated rings. The highest BCUT2D eigenvalue weighted by molar-refractivity contribution is 9.10. The van der Waals surface area contributed by atoms with E-state index >= 15 is 0 Å². The fourth-order valence-corrected chi connectivity index (χ4v) is 3.38. The van der Waals surface area contributed by atoms with E-state index in [9.17, 15) is 9.59 Å². The maximum atomic E-state index is 13.0. The third-order valence-corrected chi connectivity index (χ3v) is 4.89. The third kappa shape index (κ3) is 7.37. The van der Waals surface area contributed by atoms with Crippen LogP contribution in [0.15, 0.2) is 53.0 Å². The van der Waals surface area contributed by atoms with Crippen LogP contribution in [0.2, 0.25) is 5.02 Å². The minimum absolute atomic E-state index is 0.219. The van der Waals surface area contributed by atoms with Crippen LogP contribution >= 0.6 is 27.5 Å². The summed E-state index contributed by atoms with van der Waals surface area (Å²) < 4.78 is 6.45. The Hall–Kier alpha value is -2.05. The molecule has 2 aromatic carbocycles. The van der Waals surface area contributed by atoms with Crippen molar-refractivity contribution in [3.63, 3.8) is 0 Å². The number of rotatable bonds is 7. The van der Waals surface area contributed by atoms with E-state index in [1.54, 1.807) is 25.1 Å². The zero-order valence-electron chi connectivity index (χ0n) is 17.0. The molecule has 0 radical (unpaired) electrons. The van der Waals surface area contributed by atoms with E-state index in [0.29, 0.717) is 17.3 Å². The van der Waals surface area contributed by atoms with Crippen LogP contribution in [0.5, 0.6) is 5.75 Å². The van der Waals surface area contributed by atoms with Crippen LogP contribution in [0.3, 0.4) is 0 Å². The number of halogens is 2. The van der Waals surface area contributed by atoms with E-state index in [0.717, 1.165) is 10.0 Å². The predicted octanol–water partition coefficient (Wildman–Crippen LogP) is 4.81. The second-order valence-electron chi connectivity index (χ2n) is 7.79. The maximum Gasteiger partial charge on any atom is 0.261 e. The summed E-state index contributed by atoms with van der Waals surface area (Å²) in [5, 5.41) is 3.33. The number of hydrogen-bond donors (Lipinski definition) is 1. The Morgan fingerprint density at radius 1 is 1.17 bits per heavy atom. The first-order valence-corrected chi connectivity index (χ1v) is 10.5. The summed E-state index contributed by atoms with van der Waals surface area (Å²) in [7, 11) is 0. The Balaban J connectivity index is 2.16. The van der Waals surface area contributed by atoms with Gasteiger partial charge in [-0.1, -0.05) is 57.9 Å². The topological polar surface area (TPSA) is 58.6 Å². The molecule has 0 saturated carbocycles. The van der Waals surface area contributed by atoms with Crippen molar-refractivity contribution in [3.05, 3.63) is 63.6 Å². The van der Waals surface area contributed by atoms with Crippen molar-refractivity contribution in [2.45, 2.75) is 45.8 Å². The van der Waals surface area contributed by atoms with Crippen molar-refractivity contribution in [2.75, 3.05) is 6.61 Å². The summed E-state index contributed by atoms with van der Waals surface area (Å²) in [6, 6.07) is 14.1. The number of ether oxygens (including phenoxy) is 1. The van der Waals surface area contributed by atoms with Gasteiger partial charge in [0.05, 0.1) is 5.02 Å². The molecule has 0 aliphatic heterocycles. The number of amides is 2. The minimum Gasteiger partial charge on any atom is -0.482 e. The zero-order valence-corrected chi connectivity index (χ0v) is 19.4. The number of carbonyl (C=O) groups is 2. The molecule has 0 aromatic heterocycles. The van der Waals surface area contributed by atoms with Gasteiger partial charge in [0.25, 0.3) is 5.91 Å². The van der Waals surface area contributed by atoms with E-state index in [1.807, 2.05) is 51.1 Å². The van der Waals surface area contributed by atoms with E-state index in [1.165, 1.54) is 4.90 Å². The first-order chi connectivity index (χ1) is 13.6. The van der Waals surface area contributed by atoms with Gasteiger partial charge in [0.1, 0.15) is 11.8 Å². The molecule has 0 saturated heterocycles. The molecular weight excluding hydrogens is 456 g/mol. The quantitative estimate of drug-likeness (QED) is 0.617. The lowest BCUT2D eigenvalue weighted by Crippen LogP contribution is -2.53. The van der Waals surface area contributed by atoms with Crippen molar-refractivity contribution in [3.8, 4) is 5.75 Å². The van der Waals surface area contributed by atoms with E-state index in [4.69, 9.17) is 16.3 Å². The van der Waals surface area contributed by atoms with Gasteiger partial charge in [-0.2, -0.15) is 0 Å². The molecule has 0 bridgehead atoms. The molecule has 2 amide bonds. The van der Waals surface area contributed by atoms with E-state index < -0.39 is 11.6 Å². The summed E-state index contributed by atoms with van der Waals surface area (Å²) in [5.74, 6) is -0.109. The second-order valence-corrected chi connectivity index (χ2v) is 9.11. The van der Waals surface area contributed by atoms with Crippen LogP contribution in [0.1, 0.15) is 33.3 Å². The predicted molar refractivity (Wildman–Crippen MR) is 119 cm³/mol. The van der Waals surface area contributed by atoms with Crippen LogP contribution in [-0.2, 0) is 16.1 Å². The largest absolute Gasteiger partial charge is 0.482 e. The van der Waals surface area contributed by atoms with Crippen LogP contribution in [0.4, 0.5) is 0 Å². The highest BCUT2D eigenvalue weighted by atomic mass is 79.9. The highest BCUT2D eigenvalue weighted by Gasteiger charge is 2.28. The summed E-state index contributed by atoms with van der Waals surface area (Å²) in [5.41, 5.74) is 0.534. The Kier molecular flexibility index (Phi) is 8.11. The van der Waals surface area contributed by atoms with Gasteiger partial charge in [-0.3, -0.25) is 9.59 Å². The molecule has 2 rings (SSSR count). The van der Waals surface area contributed by atoms with Gasteiger partial charge in [-0.15, -0.1) is 0 Å². The average molecular weight is 482 g/mol. The monoisotopic (exact) mass is 480 g/mol.